The number of rotatable bonds is 5. The van der Waals surface area contributed by atoms with Crippen LogP contribution < -0.4 is 15.1 Å². The van der Waals surface area contributed by atoms with Crippen LogP contribution in [0.4, 0.5) is 20.9 Å². The van der Waals surface area contributed by atoms with Crippen molar-refractivity contribution in [3.8, 4) is 17.3 Å². The van der Waals surface area contributed by atoms with Gasteiger partial charge in [-0.3, -0.25) is 0 Å². The first-order valence-electron chi connectivity index (χ1n) is 11.4. The third-order valence-electron chi connectivity index (χ3n) is 6.23. The van der Waals surface area contributed by atoms with E-state index in [1.807, 2.05) is 16.5 Å². The molecule has 1 aliphatic heterocycles. The number of pyridine rings is 1. The number of fused-ring (bicyclic) bond motifs is 1. The quantitative estimate of drug-likeness (QED) is 0.458. The minimum absolute atomic E-state index is 0.315. The van der Waals surface area contributed by atoms with Crippen LogP contribution in [-0.4, -0.2) is 47.8 Å². The van der Waals surface area contributed by atoms with Crippen LogP contribution >= 0.6 is 11.3 Å². The van der Waals surface area contributed by atoms with E-state index in [0.29, 0.717) is 15.7 Å². The Morgan fingerprint density at radius 3 is 2.65 bits per heavy atom. The highest BCUT2D eigenvalue weighted by molar-refractivity contribution is 7.16. The number of piperazine rings is 1. The maximum absolute atomic E-state index is 13.4. The molecule has 4 heterocycles. The van der Waals surface area contributed by atoms with E-state index in [0.717, 1.165) is 55.1 Å². The summed E-state index contributed by atoms with van der Waals surface area (Å²) in [6.07, 6.45) is 2.86. The second-order valence-electron chi connectivity index (χ2n) is 8.41. The number of thiazole rings is 1. The predicted molar refractivity (Wildman–Crippen MR) is 135 cm³/mol. The van der Waals surface area contributed by atoms with E-state index in [9.17, 15) is 9.65 Å². The van der Waals surface area contributed by atoms with Crippen LogP contribution in [0.1, 0.15) is 23.1 Å². The van der Waals surface area contributed by atoms with Crippen LogP contribution in [0.5, 0.6) is 0 Å². The van der Waals surface area contributed by atoms with Gasteiger partial charge in [0.05, 0.1) is 16.9 Å². The molecule has 0 unspecified atom stereocenters. The van der Waals surface area contributed by atoms with Crippen LogP contribution in [0.3, 0.4) is 0 Å². The summed E-state index contributed by atoms with van der Waals surface area (Å²) in [5.41, 5.74) is 6.67. The van der Waals surface area contributed by atoms with Gasteiger partial charge >= 0.3 is 0 Å². The zero-order valence-electron chi connectivity index (χ0n) is 19.5. The third kappa shape index (κ3) is 3.89. The highest BCUT2D eigenvalue weighted by Gasteiger charge is 2.23. The van der Waals surface area contributed by atoms with Crippen LogP contribution in [-0.2, 0) is 6.42 Å². The molecule has 0 amide bonds. The van der Waals surface area contributed by atoms with Crippen molar-refractivity contribution < 1.29 is 4.39 Å². The number of hydrogen-bond acceptors (Lipinski definition) is 7. The monoisotopic (exact) mass is 475 g/mol. The Morgan fingerprint density at radius 1 is 1.24 bits per heavy atom. The predicted octanol–water partition coefficient (Wildman–Crippen LogP) is 4.52. The van der Waals surface area contributed by atoms with E-state index < -0.39 is 0 Å². The molecule has 9 heteroatoms. The summed E-state index contributed by atoms with van der Waals surface area (Å²) >= 11 is 1.33. The molecule has 0 spiro atoms. The molecule has 3 aromatic heterocycles. The minimum Gasteiger partial charge on any atom is -0.369 e. The molecule has 0 atom stereocenters. The minimum atomic E-state index is -0.315. The highest BCUT2D eigenvalue weighted by Crippen LogP contribution is 2.39. The lowest BCUT2D eigenvalue weighted by molar-refractivity contribution is 0.588. The molecule has 0 saturated carbocycles. The molecule has 34 heavy (non-hydrogen) atoms. The number of nitriles is 1. The summed E-state index contributed by atoms with van der Waals surface area (Å²) in [6, 6.07) is 10.6. The summed E-state index contributed by atoms with van der Waals surface area (Å²) in [5.74, 6) is -0.315. The Kier molecular flexibility index (Phi) is 5.94. The standard InChI is InChI=1S/C25H26FN7S/c1-4-19-24(21-13-20(16(2)15-33(21)30-19)32-11-9-28-10-12-32)31(3)25-29-23(22(14-27)34-25)17-5-7-18(26)8-6-17/h5-8,13,15,28H,4,9-12H2,1-3H3. The molecule has 1 aromatic carbocycles. The Bertz CT molecular complexity index is 1380. The second kappa shape index (κ2) is 9.05. The number of benzene rings is 1. The van der Waals surface area contributed by atoms with Crippen molar-refractivity contribution in [2.24, 2.45) is 0 Å². The van der Waals surface area contributed by atoms with Gasteiger partial charge in [-0.1, -0.05) is 18.3 Å². The van der Waals surface area contributed by atoms with Gasteiger partial charge in [-0.15, -0.1) is 0 Å². The lowest BCUT2D eigenvalue weighted by atomic mass is 10.1. The van der Waals surface area contributed by atoms with E-state index in [4.69, 9.17) is 10.1 Å². The molecule has 1 aliphatic rings. The molecule has 4 aromatic rings. The SMILES string of the molecule is CCc1nn2cc(C)c(N3CCNCC3)cc2c1N(C)c1nc(-c2ccc(F)cc2)c(C#N)s1. The van der Waals surface area contributed by atoms with Gasteiger partial charge in [0.25, 0.3) is 0 Å². The summed E-state index contributed by atoms with van der Waals surface area (Å²) in [6.45, 7) is 8.10. The number of aryl methyl sites for hydroxylation is 2. The number of nitrogens with zero attached hydrogens (tertiary/aromatic N) is 6. The zero-order chi connectivity index (χ0) is 23.8. The summed E-state index contributed by atoms with van der Waals surface area (Å²) in [7, 11) is 1.97. The van der Waals surface area contributed by atoms with Crippen LogP contribution in [0.25, 0.3) is 16.8 Å². The van der Waals surface area contributed by atoms with Gasteiger partial charge in [-0.05, 0) is 49.2 Å². The molecule has 0 bridgehead atoms. The lowest BCUT2D eigenvalue weighted by Crippen LogP contribution is -2.43. The Labute approximate surface area is 202 Å². The van der Waals surface area contributed by atoms with E-state index >= 15 is 0 Å². The average molecular weight is 476 g/mol. The average Bonchev–Trinajstić information content (AvgIpc) is 3.45. The third-order valence-corrected chi connectivity index (χ3v) is 7.27. The number of nitrogens with one attached hydrogen (secondary N) is 1. The Hall–Kier alpha value is -3.48. The van der Waals surface area contributed by atoms with Crippen molar-refractivity contribution in [2.75, 3.05) is 43.0 Å². The summed E-state index contributed by atoms with van der Waals surface area (Å²) < 4.78 is 15.4. The van der Waals surface area contributed by atoms with Crippen LogP contribution in [0, 0.1) is 24.1 Å². The van der Waals surface area contributed by atoms with E-state index in [-0.39, 0.29) is 5.82 Å². The van der Waals surface area contributed by atoms with Gasteiger partial charge in [0.15, 0.2) is 5.13 Å². The second-order valence-corrected chi connectivity index (χ2v) is 9.39. The maximum Gasteiger partial charge on any atom is 0.191 e. The van der Waals surface area contributed by atoms with Crippen molar-refractivity contribution in [1.29, 1.82) is 5.26 Å². The van der Waals surface area contributed by atoms with Crippen molar-refractivity contribution >= 4 is 33.4 Å². The number of halogens is 1. The van der Waals surface area contributed by atoms with E-state index in [1.54, 1.807) is 12.1 Å². The van der Waals surface area contributed by atoms with Gasteiger partial charge in [0.2, 0.25) is 0 Å². The van der Waals surface area contributed by atoms with Crippen molar-refractivity contribution in [3.05, 3.63) is 58.5 Å². The first-order valence-corrected chi connectivity index (χ1v) is 12.2. The molecule has 174 valence electrons. The van der Waals surface area contributed by atoms with Gasteiger partial charge in [-0.2, -0.15) is 10.4 Å². The van der Waals surface area contributed by atoms with Crippen LogP contribution in [0.2, 0.25) is 0 Å². The molecule has 0 aliphatic carbocycles. The number of hydrogen-bond donors (Lipinski definition) is 1. The number of anilines is 3. The molecule has 0 radical (unpaired) electrons. The van der Waals surface area contributed by atoms with Crippen molar-refractivity contribution in [1.82, 2.24) is 19.9 Å². The zero-order valence-corrected chi connectivity index (χ0v) is 20.3. The van der Waals surface area contributed by atoms with E-state index in [1.165, 1.54) is 34.7 Å². The van der Waals surface area contributed by atoms with Crippen LogP contribution in [0.15, 0.2) is 36.5 Å². The summed E-state index contributed by atoms with van der Waals surface area (Å²) in [5, 5.41) is 18.7. The fourth-order valence-electron chi connectivity index (χ4n) is 4.49. The molecular formula is C25H26FN7S. The number of aromatic nitrogens is 3. The summed E-state index contributed by atoms with van der Waals surface area (Å²) in [4.78, 5) is 9.73. The van der Waals surface area contributed by atoms with Gasteiger partial charge in [0, 0.05) is 50.7 Å². The molecule has 1 fully saturated rings. The fourth-order valence-corrected chi connectivity index (χ4v) is 5.34. The molecule has 1 saturated heterocycles. The maximum atomic E-state index is 13.4. The van der Waals surface area contributed by atoms with Crippen molar-refractivity contribution in [2.45, 2.75) is 20.3 Å². The van der Waals surface area contributed by atoms with Gasteiger partial charge in [-0.25, -0.2) is 13.9 Å². The first-order chi connectivity index (χ1) is 16.5. The highest BCUT2D eigenvalue weighted by atomic mass is 32.1. The molecular weight excluding hydrogens is 449 g/mol. The molecule has 7 nitrogen and oxygen atoms in total. The van der Waals surface area contributed by atoms with Gasteiger partial charge < -0.3 is 15.1 Å². The smallest absolute Gasteiger partial charge is 0.191 e. The molecule has 5 rings (SSSR count). The Balaban J connectivity index is 1.61. The first kappa shape index (κ1) is 22.3. The fraction of sp³-hybridized carbons (Fsp3) is 0.320. The van der Waals surface area contributed by atoms with Crippen molar-refractivity contribution in [3.63, 3.8) is 0 Å². The lowest BCUT2D eigenvalue weighted by Gasteiger charge is -2.31. The van der Waals surface area contributed by atoms with Gasteiger partial charge in [0.1, 0.15) is 22.5 Å². The molecule has 1 N–H and O–H groups in total. The topological polar surface area (TPSA) is 72.5 Å². The van der Waals surface area contributed by atoms with E-state index in [2.05, 4.69) is 42.4 Å². The normalized spacial score (nSPS) is 13.9. The largest absolute Gasteiger partial charge is 0.369 e. The Morgan fingerprint density at radius 2 is 1.97 bits per heavy atom.